The van der Waals surface area contributed by atoms with E-state index in [4.69, 9.17) is 30.1 Å². The van der Waals surface area contributed by atoms with Crippen LogP contribution in [0.2, 0.25) is 0 Å². The second kappa shape index (κ2) is 6.32. The Hall–Kier alpha value is 2.32. The van der Waals surface area contributed by atoms with Gasteiger partial charge in [-0.2, -0.15) is 0 Å². The van der Waals surface area contributed by atoms with Crippen molar-refractivity contribution in [1.29, 1.82) is 0 Å². The Balaban J connectivity index is 0. The molecule has 0 saturated heterocycles. The first-order valence-electron chi connectivity index (χ1n) is 0.655. The minimum absolute atomic E-state index is 0. The maximum atomic E-state index is 4.94. The summed E-state index contributed by atoms with van der Waals surface area (Å²) < 4.78 is 0. The van der Waals surface area contributed by atoms with Crippen LogP contribution >= 0.6 is 30.1 Å². The summed E-state index contributed by atoms with van der Waals surface area (Å²) in [5.74, 6) is 0. The van der Waals surface area contributed by atoms with Crippen molar-refractivity contribution in [3.8, 4) is 0 Å². The zero-order chi connectivity index (χ0) is 3.58. The van der Waals surface area contributed by atoms with Crippen molar-refractivity contribution in [3.63, 3.8) is 0 Å². The van der Waals surface area contributed by atoms with Crippen LogP contribution < -0.4 is 0 Å². The molecule has 0 unspecified atom stereocenters. The van der Waals surface area contributed by atoms with Crippen molar-refractivity contribution in [2.75, 3.05) is 0 Å². The Labute approximate surface area is 67.9 Å². The second-order valence-electron chi connectivity index (χ2n) is 0.247. The molecule has 0 aromatic heterocycles. The molecule has 0 aromatic carbocycles. The van der Waals surface area contributed by atoms with Crippen LogP contribution in [0.25, 0.3) is 0 Å². The summed E-state index contributed by atoms with van der Waals surface area (Å²) in [5.41, 5.74) is 0. The van der Waals surface area contributed by atoms with Crippen molar-refractivity contribution >= 4 is 68.8 Å². The third-order valence-corrected chi connectivity index (χ3v) is 0. The molecule has 0 amide bonds. The molecule has 0 N–H and O–H groups in total. The molecule has 4 radical (unpaired) electrons. The van der Waals surface area contributed by atoms with Gasteiger partial charge in [-0.25, -0.2) is 30.1 Å². The molecule has 0 spiro atoms. The van der Waals surface area contributed by atoms with E-state index in [9.17, 15) is 0 Å². The Bertz CT molecular complexity index is 11.6. The molecule has 0 saturated carbocycles. The van der Waals surface area contributed by atoms with Crippen molar-refractivity contribution in [2.45, 2.75) is 0 Å². The average Bonchev–Trinajstić information content (AvgIpc) is 0.811. The first-order chi connectivity index (χ1) is 1.73. The Morgan fingerprint density at radius 2 is 1.00 bits per heavy atom. The number of hydrogen-bond acceptors (Lipinski definition) is 0. The van der Waals surface area contributed by atoms with Crippen molar-refractivity contribution < 1.29 is 0 Å². The summed E-state index contributed by atoms with van der Waals surface area (Å²) in [4.78, 5) is 0. The monoisotopic (exact) mass is 340 g/mol. The van der Waals surface area contributed by atoms with E-state index in [1.807, 2.05) is 0 Å². The Kier molecular flexibility index (Phi) is 13.1. The Morgan fingerprint density at radius 3 is 1.00 bits per heavy atom. The molecule has 28 valence electrons. The molecule has 0 nitrogen and oxygen atoms in total. The smallest absolute Gasteiger partial charge is 0.214 e. The van der Waals surface area contributed by atoms with Gasteiger partial charge in [0.25, 0.3) is 0 Å². The Morgan fingerprint density at radius 1 is 1.00 bits per heavy atom. The van der Waals surface area contributed by atoms with Gasteiger partial charge in [0.1, 0.15) is 0 Å². The molecule has 0 bridgehead atoms. The van der Waals surface area contributed by atoms with Crippen LogP contribution in [0.5, 0.6) is 0 Å². The zero-order valence-electron chi connectivity index (χ0n) is 2.21. The molecule has 0 aromatic rings. The molecule has 5 heavy (non-hydrogen) atoms. The predicted octanol–water partition coefficient (Wildman–Crippen LogP) is 1.31. The van der Waals surface area contributed by atoms with E-state index < -0.39 is 11.4 Å². The van der Waals surface area contributed by atoms with Crippen LogP contribution in [-0.2, 0) is 0 Å². The van der Waals surface area contributed by atoms with Crippen LogP contribution in [0, 0.1) is 0 Å². The van der Waals surface area contributed by atoms with Crippen LogP contribution in [0.4, 0.5) is 0 Å². The van der Waals surface area contributed by atoms with Crippen LogP contribution in [0.1, 0.15) is 0 Å². The molecular formula is AlCl3Pb. The van der Waals surface area contributed by atoms with Gasteiger partial charge in [-0.1, -0.05) is 0 Å². The van der Waals surface area contributed by atoms with E-state index >= 15 is 0 Å². The fourth-order valence-corrected chi connectivity index (χ4v) is 0. The summed E-state index contributed by atoms with van der Waals surface area (Å²) in [7, 11) is 14.8. The van der Waals surface area contributed by atoms with Gasteiger partial charge in [-0.3, -0.25) is 0 Å². The van der Waals surface area contributed by atoms with Crippen LogP contribution in [0.3, 0.4) is 0 Å². The number of halogens is 3. The number of rotatable bonds is 0. The summed E-state index contributed by atoms with van der Waals surface area (Å²) in [6.07, 6.45) is 0. The van der Waals surface area contributed by atoms with E-state index in [1.165, 1.54) is 0 Å². The molecule has 0 aliphatic carbocycles. The van der Waals surface area contributed by atoms with Crippen molar-refractivity contribution in [2.24, 2.45) is 0 Å². The van der Waals surface area contributed by atoms with Gasteiger partial charge < -0.3 is 0 Å². The summed E-state index contributed by atoms with van der Waals surface area (Å²) >= 11 is -1.72. The third-order valence-electron chi connectivity index (χ3n) is 0. The van der Waals surface area contributed by atoms with E-state index in [0.717, 1.165) is 0 Å². The first-order valence-corrected chi connectivity index (χ1v) is 5.89. The van der Waals surface area contributed by atoms with Gasteiger partial charge in [0.2, 0.25) is 0 Å². The maximum absolute atomic E-state index is 4.94. The minimum Gasteiger partial charge on any atom is -0.214 e. The molecule has 0 aliphatic rings. The third kappa shape index (κ3) is 21.9. The largest absolute Gasteiger partial charge is 0.643 e. The van der Waals surface area contributed by atoms with Gasteiger partial charge >= 0.3 is 11.4 Å². The van der Waals surface area contributed by atoms with Gasteiger partial charge in [0.05, 0.1) is 0 Å². The maximum Gasteiger partial charge on any atom is 0.643 e. The van der Waals surface area contributed by atoms with Gasteiger partial charge in [0, 0.05) is 27.3 Å². The van der Waals surface area contributed by atoms with Crippen molar-refractivity contribution in [3.05, 3.63) is 0 Å². The minimum atomic E-state index is -1.72. The number of hydrogen-bond donors (Lipinski definition) is 0. The summed E-state index contributed by atoms with van der Waals surface area (Å²) in [6, 6.07) is 0. The summed E-state index contributed by atoms with van der Waals surface area (Å²) in [6.45, 7) is 0. The SMILES string of the molecule is [Cl][Al]([Cl])[Cl].[Pb]. The van der Waals surface area contributed by atoms with Crippen LogP contribution in [0.15, 0.2) is 0 Å². The average molecular weight is 341 g/mol. The van der Waals surface area contributed by atoms with E-state index in [0.29, 0.717) is 0 Å². The zero-order valence-corrected chi connectivity index (χ0v) is 9.52. The molecule has 5 heteroatoms. The first kappa shape index (κ1) is 10.3. The van der Waals surface area contributed by atoms with E-state index in [1.54, 1.807) is 0 Å². The molecule has 0 atom stereocenters. The molecular weight excluding hydrogens is 341 g/mol. The summed E-state index contributed by atoms with van der Waals surface area (Å²) in [5, 5.41) is 0. The van der Waals surface area contributed by atoms with Gasteiger partial charge in [0.15, 0.2) is 0 Å². The molecule has 0 aliphatic heterocycles. The fourth-order valence-electron chi connectivity index (χ4n) is 0. The van der Waals surface area contributed by atoms with Crippen molar-refractivity contribution in [1.82, 2.24) is 0 Å². The fraction of sp³-hybridized carbons (Fsp3) is 0. The van der Waals surface area contributed by atoms with E-state index in [2.05, 4.69) is 0 Å². The topological polar surface area (TPSA) is 0 Å². The van der Waals surface area contributed by atoms with E-state index in [-0.39, 0.29) is 27.3 Å². The normalized spacial score (nSPS) is 5.40. The van der Waals surface area contributed by atoms with Crippen LogP contribution in [-0.4, -0.2) is 38.7 Å². The van der Waals surface area contributed by atoms with Gasteiger partial charge in [-0.05, 0) is 0 Å². The molecule has 0 heterocycles. The predicted molar refractivity (Wildman–Crippen MR) is 29.1 cm³/mol. The second-order valence-corrected chi connectivity index (χ2v) is 6.68. The molecule has 0 rings (SSSR count). The standard InChI is InChI=1S/Al.3ClH.Pb/h;3*1H;/q+3;;;;/p-3. The van der Waals surface area contributed by atoms with Gasteiger partial charge in [-0.15, -0.1) is 0 Å². The molecule has 0 fully saturated rings. The quantitative estimate of drug-likeness (QED) is 0.583.